The lowest BCUT2D eigenvalue weighted by atomic mass is 10.1. The van der Waals surface area contributed by atoms with E-state index in [1.807, 2.05) is 6.07 Å². The second-order valence-electron chi connectivity index (χ2n) is 4.25. The Morgan fingerprint density at radius 1 is 1.35 bits per heavy atom. The molecule has 4 heteroatoms. The average molecular weight is 236 g/mol. The second-order valence-corrected chi connectivity index (χ2v) is 4.25. The van der Waals surface area contributed by atoms with E-state index >= 15 is 0 Å². The number of benzene rings is 1. The van der Waals surface area contributed by atoms with Crippen molar-refractivity contribution in [3.05, 3.63) is 29.3 Å². The molecule has 1 aliphatic heterocycles. The molecule has 0 saturated carbocycles. The summed E-state index contributed by atoms with van der Waals surface area (Å²) >= 11 is 0. The Kier molecular flexibility index (Phi) is 4.36. The molecule has 17 heavy (non-hydrogen) atoms. The molecule has 0 atom stereocenters. The Labute approximate surface area is 102 Å². The van der Waals surface area contributed by atoms with Gasteiger partial charge in [-0.05, 0) is 13.0 Å². The van der Waals surface area contributed by atoms with Crippen molar-refractivity contribution < 1.29 is 9.47 Å². The number of hydrazine groups is 1. The fourth-order valence-electron chi connectivity index (χ4n) is 1.96. The maximum absolute atomic E-state index is 5.36. The molecule has 1 heterocycles. The van der Waals surface area contributed by atoms with Crippen LogP contribution in [-0.2, 0) is 11.3 Å². The highest BCUT2D eigenvalue weighted by atomic mass is 16.5. The van der Waals surface area contributed by atoms with Gasteiger partial charge in [-0.3, -0.25) is 5.43 Å². The lowest BCUT2D eigenvalue weighted by Gasteiger charge is -2.27. The molecule has 94 valence electrons. The van der Waals surface area contributed by atoms with Gasteiger partial charge in [0.15, 0.2) is 0 Å². The topological polar surface area (TPSA) is 33.7 Å². The normalized spacial score (nSPS) is 17.1. The Morgan fingerprint density at radius 3 is 2.82 bits per heavy atom. The van der Waals surface area contributed by atoms with Crippen LogP contribution in [0, 0.1) is 6.92 Å². The Hall–Kier alpha value is -1.10. The molecule has 1 fully saturated rings. The minimum atomic E-state index is 0.796. The maximum atomic E-state index is 5.36. The fraction of sp³-hybridized carbons (Fsp3) is 0.538. The van der Waals surface area contributed by atoms with Crippen molar-refractivity contribution in [3.8, 4) is 5.75 Å². The Balaban J connectivity index is 1.95. The summed E-state index contributed by atoms with van der Waals surface area (Å²) < 4.78 is 10.7. The fourth-order valence-corrected chi connectivity index (χ4v) is 1.96. The van der Waals surface area contributed by atoms with Gasteiger partial charge in [-0.2, -0.15) is 0 Å². The van der Waals surface area contributed by atoms with Crippen LogP contribution in [0.4, 0.5) is 0 Å². The first kappa shape index (κ1) is 12.4. The molecule has 1 aliphatic rings. The molecule has 4 nitrogen and oxygen atoms in total. The van der Waals surface area contributed by atoms with Gasteiger partial charge in [-0.25, -0.2) is 5.01 Å². The van der Waals surface area contributed by atoms with Gasteiger partial charge in [0.05, 0.1) is 20.3 Å². The van der Waals surface area contributed by atoms with Crippen LogP contribution in [0.25, 0.3) is 0 Å². The monoisotopic (exact) mass is 236 g/mol. The number of nitrogens with zero attached hydrogens (tertiary/aromatic N) is 1. The molecule has 0 amide bonds. The minimum Gasteiger partial charge on any atom is -0.496 e. The number of hydrogen-bond acceptors (Lipinski definition) is 4. The van der Waals surface area contributed by atoms with Gasteiger partial charge in [0.1, 0.15) is 5.75 Å². The third-order valence-electron chi connectivity index (χ3n) is 2.94. The van der Waals surface area contributed by atoms with E-state index in [0.29, 0.717) is 0 Å². The van der Waals surface area contributed by atoms with Crippen molar-refractivity contribution in [1.29, 1.82) is 0 Å². The molecule has 0 spiro atoms. The number of nitrogens with one attached hydrogen (secondary N) is 1. The smallest absolute Gasteiger partial charge is 0.123 e. The maximum Gasteiger partial charge on any atom is 0.123 e. The molecule has 0 aromatic heterocycles. The zero-order chi connectivity index (χ0) is 12.1. The first-order valence-corrected chi connectivity index (χ1v) is 5.99. The van der Waals surface area contributed by atoms with Crippen LogP contribution in [0.3, 0.4) is 0 Å². The summed E-state index contributed by atoms with van der Waals surface area (Å²) in [6.07, 6.45) is 0. The summed E-state index contributed by atoms with van der Waals surface area (Å²) in [5, 5.41) is 2.20. The van der Waals surface area contributed by atoms with Crippen LogP contribution in [0.15, 0.2) is 18.2 Å². The number of aryl methyl sites for hydroxylation is 1. The van der Waals surface area contributed by atoms with E-state index in [4.69, 9.17) is 9.47 Å². The highest BCUT2D eigenvalue weighted by Gasteiger charge is 2.10. The van der Waals surface area contributed by atoms with Gasteiger partial charge in [0, 0.05) is 25.2 Å². The summed E-state index contributed by atoms with van der Waals surface area (Å²) in [6.45, 7) is 6.38. The summed E-state index contributed by atoms with van der Waals surface area (Å²) in [5.41, 5.74) is 5.86. The zero-order valence-corrected chi connectivity index (χ0v) is 10.5. The van der Waals surface area contributed by atoms with Gasteiger partial charge < -0.3 is 9.47 Å². The first-order chi connectivity index (χ1) is 8.29. The predicted molar refractivity (Wildman–Crippen MR) is 67.0 cm³/mol. The van der Waals surface area contributed by atoms with Crippen molar-refractivity contribution in [2.75, 3.05) is 33.4 Å². The summed E-state index contributed by atoms with van der Waals surface area (Å²) in [6, 6.07) is 6.25. The van der Waals surface area contributed by atoms with E-state index in [-0.39, 0.29) is 0 Å². The summed E-state index contributed by atoms with van der Waals surface area (Å²) in [7, 11) is 1.71. The molecule has 0 radical (unpaired) electrons. The minimum absolute atomic E-state index is 0.796. The van der Waals surface area contributed by atoms with Crippen molar-refractivity contribution in [2.45, 2.75) is 13.5 Å². The number of methoxy groups -OCH3 is 1. The highest BCUT2D eigenvalue weighted by molar-refractivity contribution is 5.36. The van der Waals surface area contributed by atoms with E-state index in [9.17, 15) is 0 Å². The predicted octanol–water partition coefficient (Wildman–Crippen LogP) is 1.34. The van der Waals surface area contributed by atoms with Gasteiger partial charge in [-0.15, -0.1) is 0 Å². The van der Waals surface area contributed by atoms with Gasteiger partial charge in [-0.1, -0.05) is 17.7 Å². The second kappa shape index (κ2) is 6.00. The van der Waals surface area contributed by atoms with Crippen LogP contribution in [0.1, 0.15) is 11.1 Å². The van der Waals surface area contributed by atoms with Gasteiger partial charge >= 0.3 is 0 Å². The van der Waals surface area contributed by atoms with Crippen LogP contribution >= 0.6 is 0 Å². The highest BCUT2D eigenvalue weighted by Crippen LogP contribution is 2.19. The van der Waals surface area contributed by atoms with E-state index in [0.717, 1.165) is 38.6 Å². The van der Waals surface area contributed by atoms with Crippen LogP contribution in [-0.4, -0.2) is 38.4 Å². The van der Waals surface area contributed by atoms with Crippen molar-refractivity contribution in [2.24, 2.45) is 0 Å². The van der Waals surface area contributed by atoms with E-state index in [1.165, 1.54) is 11.1 Å². The van der Waals surface area contributed by atoms with Gasteiger partial charge in [0.25, 0.3) is 0 Å². The average Bonchev–Trinajstić information content (AvgIpc) is 2.38. The number of rotatable bonds is 4. The Bertz CT molecular complexity index is 362. The molecule has 0 bridgehead atoms. The lowest BCUT2D eigenvalue weighted by molar-refractivity contribution is 0.0104. The summed E-state index contributed by atoms with van der Waals surface area (Å²) in [5.74, 6) is 0.941. The molecule has 1 aromatic carbocycles. The number of morpholine rings is 1. The third kappa shape index (κ3) is 3.43. The third-order valence-corrected chi connectivity index (χ3v) is 2.94. The van der Waals surface area contributed by atoms with Crippen LogP contribution < -0.4 is 10.2 Å². The standard InChI is InChI=1S/C13H20N2O2/c1-11-3-4-13(16-2)12(9-11)10-14-15-5-7-17-8-6-15/h3-4,9,14H,5-8,10H2,1-2H3. The molecule has 0 aliphatic carbocycles. The molecule has 0 unspecified atom stereocenters. The molecular formula is C13H20N2O2. The van der Waals surface area contributed by atoms with Crippen molar-refractivity contribution >= 4 is 0 Å². The van der Waals surface area contributed by atoms with Crippen LogP contribution in [0.5, 0.6) is 5.75 Å². The molecule has 1 N–H and O–H groups in total. The molecule has 2 rings (SSSR count). The van der Waals surface area contributed by atoms with Crippen molar-refractivity contribution in [3.63, 3.8) is 0 Å². The zero-order valence-electron chi connectivity index (χ0n) is 10.5. The van der Waals surface area contributed by atoms with Crippen molar-refractivity contribution in [1.82, 2.24) is 10.4 Å². The quantitative estimate of drug-likeness (QED) is 0.855. The van der Waals surface area contributed by atoms with E-state index in [2.05, 4.69) is 29.5 Å². The summed E-state index contributed by atoms with van der Waals surface area (Å²) in [4.78, 5) is 0. The first-order valence-electron chi connectivity index (χ1n) is 5.99. The Morgan fingerprint density at radius 2 is 2.12 bits per heavy atom. The largest absolute Gasteiger partial charge is 0.496 e. The lowest BCUT2D eigenvalue weighted by Crippen LogP contribution is -2.45. The number of hydrogen-bond donors (Lipinski definition) is 1. The molecule has 1 saturated heterocycles. The van der Waals surface area contributed by atoms with Gasteiger partial charge in [0.2, 0.25) is 0 Å². The molecular weight excluding hydrogens is 216 g/mol. The number of ether oxygens (including phenoxy) is 2. The van der Waals surface area contributed by atoms with Crippen LogP contribution in [0.2, 0.25) is 0 Å². The molecule has 1 aromatic rings. The van der Waals surface area contributed by atoms with E-state index in [1.54, 1.807) is 7.11 Å². The van der Waals surface area contributed by atoms with E-state index < -0.39 is 0 Å². The SMILES string of the molecule is COc1ccc(C)cc1CNN1CCOCC1.